The fourth-order valence-corrected chi connectivity index (χ4v) is 1.70. The van der Waals surface area contributed by atoms with E-state index in [-0.39, 0.29) is 5.97 Å². The summed E-state index contributed by atoms with van der Waals surface area (Å²) in [6.07, 6.45) is 1.81. The minimum absolute atomic E-state index is 0.339. The lowest BCUT2D eigenvalue weighted by Crippen LogP contribution is -1.99. The van der Waals surface area contributed by atoms with Gasteiger partial charge in [0.05, 0.1) is 30.3 Å². The highest BCUT2D eigenvalue weighted by Crippen LogP contribution is 2.14. The molecule has 0 aliphatic carbocycles. The van der Waals surface area contributed by atoms with E-state index in [9.17, 15) is 4.79 Å². The molecule has 4 nitrogen and oxygen atoms in total. The van der Waals surface area contributed by atoms with Crippen LogP contribution in [0, 0.1) is 6.92 Å². The second kappa shape index (κ2) is 5.52. The van der Waals surface area contributed by atoms with Crippen molar-refractivity contribution in [2.45, 2.75) is 6.92 Å². The number of carbonyl (C=O) groups excluding carboxylic acids is 1. The maximum absolute atomic E-state index is 11.3. The number of methoxy groups -OCH3 is 1. The topological polar surface area (TPSA) is 43.6 Å². The summed E-state index contributed by atoms with van der Waals surface area (Å²) in [5.41, 5.74) is 3.54. The predicted octanol–water partition coefficient (Wildman–Crippen LogP) is 2.87. The van der Waals surface area contributed by atoms with Crippen LogP contribution >= 0.6 is 0 Å². The van der Waals surface area contributed by atoms with Gasteiger partial charge in [0.1, 0.15) is 0 Å². The first-order valence-electron chi connectivity index (χ1n) is 5.96. The Labute approximate surface area is 112 Å². The van der Waals surface area contributed by atoms with Crippen LogP contribution in [-0.4, -0.2) is 23.9 Å². The van der Waals surface area contributed by atoms with Crippen LogP contribution in [0.1, 0.15) is 21.7 Å². The summed E-state index contributed by atoms with van der Waals surface area (Å²) in [6.45, 7) is 2.04. The van der Waals surface area contributed by atoms with Crippen LogP contribution in [0.15, 0.2) is 41.4 Å². The van der Waals surface area contributed by atoms with Gasteiger partial charge < -0.3 is 9.30 Å². The molecule has 0 unspecified atom stereocenters. The van der Waals surface area contributed by atoms with Gasteiger partial charge in [-0.25, -0.2) is 4.79 Å². The second-order valence-corrected chi connectivity index (χ2v) is 4.26. The Morgan fingerprint density at radius 2 is 1.89 bits per heavy atom. The van der Waals surface area contributed by atoms with Crippen molar-refractivity contribution in [3.05, 3.63) is 53.3 Å². The van der Waals surface area contributed by atoms with Crippen LogP contribution in [0.4, 0.5) is 5.69 Å². The van der Waals surface area contributed by atoms with Crippen molar-refractivity contribution in [1.29, 1.82) is 0 Å². The van der Waals surface area contributed by atoms with Gasteiger partial charge in [0, 0.05) is 12.7 Å². The van der Waals surface area contributed by atoms with E-state index >= 15 is 0 Å². The van der Waals surface area contributed by atoms with Gasteiger partial charge in [-0.05, 0) is 43.3 Å². The fraction of sp³-hybridized carbons (Fsp3) is 0.200. The molecule has 0 spiro atoms. The highest BCUT2D eigenvalue weighted by Gasteiger charge is 2.03. The number of carbonyl (C=O) groups is 1. The first kappa shape index (κ1) is 13.1. The predicted molar refractivity (Wildman–Crippen MR) is 75.2 cm³/mol. The molecule has 0 aliphatic heterocycles. The summed E-state index contributed by atoms with van der Waals surface area (Å²) in [6, 6.07) is 11.0. The van der Waals surface area contributed by atoms with Gasteiger partial charge in [0.15, 0.2) is 0 Å². The number of hydrogen-bond acceptors (Lipinski definition) is 3. The molecule has 0 aliphatic rings. The minimum atomic E-state index is -0.339. The lowest BCUT2D eigenvalue weighted by atomic mass is 10.2. The Kier molecular flexibility index (Phi) is 3.80. The number of nitrogens with zero attached hydrogens (tertiary/aromatic N) is 2. The Morgan fingerprint density at radius 3 is 2.42 bits per heavy atom. The third-order valence-corrected chi connectivity index (χ3v) is 3.05. The number of esters is 1. The van der Waals surface area contributed by atoms with Crippen LogP contribution in [0.2, 0.25) is 0 Å². The maximum atomic E-state index is 11.3. The highest BCUT2D eigenvalue weighted by molar-refractivity contribution is 5.89. The Hall–Kier alpha value is -2.36. The standard InChI is InChI=1S/C15H16N2O2/c1-11-4-9-14(17(11)2)10-16-13-7-5-12(6-8-13)15(18)19-3/h4-10H,1-3H3. The molecule has 1 heterocycles. The monoisotopic (exact) mass is 256 g/mol. The second-order valence-electron chi connectivity index (χ2n) is 4.26. The van der Waals surface area contributed by atoms with E-state index < -0.39 is 0 Å². The molecule has 98 valence electrons. The van der Waals surface area contributed by atoms with Gasteiger partial charge in [-0.3, -0.25) is 4.99 Å². The summed E-state index contributed by atoms with van der Waals surface area (Å²) in [5.74, 6) is -0.339. The largest absolute Gasteiger partial charge is 0.465 e. The SMILES string of the molecule is COC(=O)c1ccc(N=Cc2ccc(C)n2C)cc1. The summed E-state index contributed by atoms with van der Waals surface area (Å²) in [5, 5.41) is 0. The van der Waals surface area contributed by atoms with Crippen molar-refractivity contribution in [2.75, 3.05) is 7.11 Å². The van der Waals surface area contributed by atoms with Crippen molar-refractivity contribution in [1.82, 2.24) is 4.57 Å². The molecule has 4 heteroatoms. The van der Waals surface area contributed by atoms with Crippen LogP contribution in [0.3, 0.4) is 0 Å². The van der Waals surface area contributed by atoms with Gasteiger partial charge in [0.25, 0.3) is 0 Å². The molecule has 0 saturated carbocycles. The van der Waals surface area contributed by atoms with E-state index in [2.05, 4.69) is 14.3 Å². The van der Waals surface area contributed by atoms with Crippen molar-refractivity contribution >= 4 is 17.9 Å². The van der Waals surface area contributed by atoms with E-state index in [1.807, 2.05) is 26.1 Å². The molecule has 2 aromatic rings. The zero-order valence-corrected chi connectivity index (χ0v) is 11.3. The molecule has 0 atom stereocenters. The van der Waals surface area contributed by atoms with Crippen molar-refractivity contribution in [3.8, 4) is 0 Å². The van der Waals surface area contributed by atoms with E-state index in [0.717, 1.165) is 11.4 Å². The summed E-state index contributed by atoms with van der Waals surface area (Å²) >= 11 is 0. The van der Waals surface area contributed by atoms with E-state index in [1.165, 1.54) is 12.8 Å². The number of hydrogen-bond donors (Lipinski definition) is 0. The average Bonchev–Trinajstić information content (AvgIpc) is 2.76. The van der Waals surface area contributed by atoms with Gasteiger partial charge >= 0.3 is 5.97 Å². The fourth-order valence-electron chi connectivity index (χ4n) is 1.70. The first-order chi connectivity index (χ1) is 9.11. The number of rotatable bonds is 3. The Balaban J connectivity index is 2.15. The number of aromatic nitrogens is 1. The third kappa shape index (κ3) is 2.91. The Bertz CT molecular complexity index is 610. The van der Waals surface area contributed by atoms with E-state index in [0.29, 0.717) is 5.56 Å². The molecule has 0 bridgehead atoms. The zero-order valence-electron chi connectivity index (χ0n) is 11.3. The molecule has 1 aromatic heterocycles. The maximum Gasteiger partial charge on any atom is 0.337 e. The highest BCUT2D eigenvalue weighted by atomic mass is 16.5. The molecule has 0 N–H and O–H groups in total. The number of benzene rings is 1. The molecular weight excluding hydrogens is 240 g/mol. The summed E-state index contributed by atoms with van der Waals surface area (Å²) in [7, 11) is 3.36. The molecule has 0 fully saturated rings. The smallest absolute Gasteiger partial charge is 0.337 e. The lowest BCUT2D eigenvalue weighted by Gasteiger charge is -2.00. The lowest BCUT2D eigenvalue weighted by molar-refractivity contribution is 0.0601. The van der Waals surface area contributed by atoms with Gasteiger partial charge in [-0.2, -0.15) is 0 Å². The molecule has 1 aromatic carbocycles. The van der Waals surface area contributed by atoms with Crippen LogP contribution in [-0.2, 0) is 11.8 Å². The number of ether oxygens (including phenoxy) is 1. The first-order valence-corrected chi connectivity index (χ1v) is 5.96. The summed E-state index contributed by atoms with van der Waals surface area (Å²) < 4.78 is 6.71. The molecule has 19 heavy (non-hydrogen) atoms. The normalized spacial score (nSPS) is 10.9. The number of aliphatic imine (C=N–C) groups is 1. The van der Waals surface area contributed by atoms with Gasteiger partial charge in [-0.1, -0.05) is 0 Å². The van der Waals surface area contributed by atoms with Gasteiger partial charge in [-0.15, -0.1) is 0 Å². The molecule has 2 rings (SSSR count). The van der Waals surface area contributed by atoms with E-state index in [4.69, 9.17) is 0 Å². The minimum Gasteiger partial charge on any atom is -0.465 e. The quantitative estimate of drug-likeness (QED) is 0.626. The third-order valence-electron chi connectivity index (χ3n) is 3.05. The van der Waals surface area contributed by atoms with Crippen LogP contribution < -0.4 is 0 Å². The van der Waals surface area contributed by atoms with Crippen molar-refractivity contribution < 1.29 is 9.53 Å². The average molecular weight is 256 g/mol. The van der Waals surface area contributed by atoms with Crippen molar-refractivity contribution in [3.63, 3.8) is 0 Å². The van der Waals surface area contributed by atoms with Crippen LogP contribution in [0.5, 0.6) is 0 Å². The zero-order chi connectivity index (χ0) is 13.8. The molecule has 0 radical (unpaired) electrons. The number of aryl methyl sites for hydroxylation is 1. The summed E-state index contributed by atoms with van der Waals surface area (Å²) in [4.78, 5) is 15.7. The Morgan fingerprint density at radius 1 is 1.21 bits per heavy atom. The molecule has 0 saturated heterocycles. The van der Waals surface area contributed by atoms with Crippen LogP contribution in [0.25, 0.3) is 0 Å². The van der Waals surface area contributed by atoms with Gasteiger partial charge in [0.2, 0.25) is 0 Å². The molecule has 0 amide bonds. The molecular formula is C15H16N2O2. The van der Waals surface area contributed by atoms with E-state index in [1.54, 1.807) is 30.5 Å². The van der Waals surface area contributed by atoms with Crippen molar-refractivity contribution in [2.24, 2.45) is 12.0 Å².